The number of carbonyl (C=O) groups excluding carboxylic acids is 1. The molecular weight excluding hydrogens is 540 g/mol. The lowest BCUT2D eigenvalue weighted by atomic mass is 9.77. The third kappa shape index (κ3) is 5.04. The summed E-state index contributed by atoms with van der Waals surface area (Å²) >= 11 is 9.93. The van der Waals surface area contributed by atoms with Crippen molar-refractivity contribution in [2.24, 2.45) is 0 Å². The molecule has 2 aromatic carbocycles. The number of carbonyl (C=O) groups is 1. The van der Waals surface area contributed by atoms with Gasteiger partial charge in [0.15, 0.2) is 5.60 Å². The van der Waals surface area contributed by atoms with Crippen molar-refractivity contribution in [2.75, 3.05) is 15.8 Å². The minimum Gasteiger partial charge on any atom is -0.452 e. The zero-order chi connectivity index (χ0) is 24.5. The molecule has 2 aliphatic rings. The zero-order valence-corrected chi connectivity index (χ0v) is 22.2. The molecule has 2 aromatic rings. The Morgan fingerprint density at radius 3 is 2.65 bits per heavy atom. The van der Waals surface area contributed by atoms with Gasteiger partial charge in [-0.25, -0.2) is 8.42 Å². The van der Waals surface area contributed by atoms with Gasteiger partial charge < -0.3 is 10.1 Å². The number of hydrogen-bond donors (Lipinski definition) is 2. The number of aryl methyl sites for hydroxylation is 1. The van der Waals surface area contributed by atoms with E-state index >= 15 is 0 Å². The molecule has 1 aliphatic carbocycles. The molecule has 2 fully saturated rings. The molecule has 0 aromatic heterocycles. The largest absolute Gasteiger partial charge is 0.452 e. The topological polar surface area (TPSA) is 96.3 Å². The number of hydrogen-bond acceptors (Lipinski definition) is 5. The fourth-order valence-electron chi connectivity index (χ4n) is 4.92. The summed E-state index contributed by atoms with van der Waals surface area (Å²) in [6.07, 6.45) is 4.94. The Balaban J connectivity index is 1.63. The third-order valence-electron chi connectivity index (χ3n) is 6.63. The average molecular weight is 568 g/mol. The summed E-state index contributed by atoms with van der Waals surface area (Å²) in [5.41, 5.74) is 3.05. The Kier molecular flexibility index (Phi) is 7.41. The zero-order valence-electron chi connectivity index (χ0n) is 19.0. The van der Waals surface area contributed by atoms with Crippen molar-refractivity contribution in [1.82, 2.24) is 0 Å². The number of halogens is 2. The first-order chi connectivity index (χ1) is 16.2. The van der Waals surface area contributed by atoms with Crippen molar-refractivity contribution in [3.8, 4) is 11.1 Å². The van der Waals surface area contributed by atoms with Crippen molar-refractivity contribution in [3.05, 3.63) is 52.5 Å². The van der Waals surface area contributed by atoms with E-state index in [9.17, 15) is 13.2 Å². The molecule has 0 amide bonds. The van der Waals surface area contributed by atoms with Crippen LogP contribution in [0.4, 0.5) is 5.69 Å². The molecule has 182 valence electrons. The first-order valence-corrected chi connectivity index (χ1v) is 14.6. The Hall–Kier alpha value is -1.90. The molecule has 2 N–H and O–H groups in total. The van der Waals surface area contributed by atoms with Gasteiger partial charge >= 0.3 is 5.97 Å². The summed E-state index contributed by atoms with van der Waals surface area (Å²) in [4.78, 5) is 12.9. The van der Waals surface area contributed by atoms with Gasteiger partial charge in [0.2, 0.25) is 10.0 Å². The van der Waals surface area contributed by atoms with Crippen LogP contribution >= 0.6 is 27.5 Å². The summed E-state index contributed by atoms with van der Waals surface area (Å²) in [6, 6.07) is 10.7. The van der Waals surface area contributed by atoms with Gasteiger partial charge in [0.25, 0.3) is 0 Å². The monoisotopic (exact) mass is 566 g/mol. The normalized spacial score (nSPS) is 19.9. The van der Waals surface area contributed by atoms with Crippen molar-refractivity contribution < 1.29 is 17.9 Å². The fourth-order valence-corrected chi connectivity index (χ4v) is 6.96. The Bertz CT molecular complexity index is 1230. The average Bonchev–Trinajstić information content (AvgIpc) is 3.03. The summed E-state index contributed by atoms with van der Waals surface area (Å²) in [5.74, 6) is -1.09. The number of benzene rings is 2. The quantitative estimate of drug-likeness (QED) is 0.307. The molecule has 1 saturated carbocycles. The highest BCUT2D eigenvalue weighted by Crippen LogP contribution is 2.45. The molecule has 1 unspecified atom stereocenters. The highest BCUT2D eigenvalue weighted by Gasteiger charge is 2.53. The maximum atomic E-state index is 12.9. The molecule has 9 heteroatoms. The van der Waals surface area contributed by atoms with E-state index in [2.05, 4.69) is 20.7 Å². The SMILES string of the molecule is Cc1cc(-c2cccc(NS(=O)(=O)CCCBr)c2)c(Cl)cc1C1C(=N)C2(CCCCC2)OC1=O. The highest BCUT2D eigenvalue weighted by molar-refractivity contribution is 9.09. The molecule has 34 heavy (non-hydrogen) atoms. The van der Waals surface area contributed by atoms with Crippen molar-refractivity contribution >= 4 is 54.9 Å². The molecule has 0 radical (unpaired) electrons. The van der Waals surface area contributed by atoms with Crippen LogP contribution in [0.15, 0.2) is 36.4 Å². The Morgan fingerprint density at radius 2 is 1.94 bits per heavy atom. The van der Waals surface area contributed by atoms with E-state index in [0.29, 0.717) is 46.6 Å². The van der Waals surface area contributed by atoms with E-state index in [-0.39, 0.29) is 11.7 Å². The van der Waals surface area contributed by atoms with Crippen LogP contribution in [0.3, 0.4) is 0 Å². The van der Waals surface area contributed by atoms with E-state index in [0.717, 1.165) is 36.0 Å². The van der Waals surface area contributed by atoms with Crippen LogP contribution in [0.2, 0.25) is 5.02 Å². The number of nitrogens with one attached hydrogen (secondary N) is 2. The number of sulfonamides is 1. The van der Waals surface area contributed by atoms with Gasteiger partial charge in [-0.15, -0.1) is 0 Å². The van der Waals surface area contributed by atoms with Crippen molar-refractivity contribution in [1.29, 1.82) is 5.41 Å². The molecular formula is C25H28BrClN2O4S. The molecule has 1 saturated heterocycles. The number of alkyl halides is 1. The van der Waals surface area contributed by atoms with Crippen LogP contribution in [0.5, 0.6) is 0 Å². The predicted molar refractivity (Wildman–Crippen MR) is 140 cm³/mol. The molecule has 1 aliphatic heterocycles. The van der Waals surface area contributed by atoms with Gasteiger partial charge in [0.1, 0.15) is 5.92 Å². The third-order valence-corrected chi connectivity index (χ3v) is 8.88. The number of anilines is 1. The molecule has 4 rings (SSSR count). The lowest BCUT2D eigenvalue weighted by molar-refractivity contribution is -0.149. The van der Waals surface area contributed by atoms with Gasteiger partial charge in [-0.1, -0.05) is 46.1 Å². The van der Waals surface area contributed by atoms with Gasteiger partial charge in [0.05, 0.1) is 11.5 Å². The highest BCUT2D eigenvalue weighted by atomic mass is 79.9. The molecule has 6 nitrogen and oxygen atoms in total. The van der Waals surface area contributed by atoms with E-state index in [1.54, 1.807) is 24.3 Å². The van der Waals surface area contributed by atoms with Crippen LogP contribution in [-0.2, 0) is 19.6 Å². The van der Waals surface area contributed by atoms with Crippen LogP contribution < -0.4 is 4.72 Å². The van der Waals surface area contributed by atoms with Crippen LogP contribution in [0, 0.1) is 12.3 Å². The van der Waals surface area contributed by atoms with Gasteiger partial charge in [-0.2, -0.15) is 0 Å². The Morgan fingerprint density at radius 1 is 1.21 bits per heavy atom. The van der Waals surface area contributed by atoms with E-state index < -0.39 is 21.5 Å². The van der Waals surface area contributed by atoms with Crippen LogP contribution in [0.1, 0.15) is 55.6 Å². The molecule has 1 atom stereocenters. The maximum absolute atomic E-state index is 12.9. The number of rotatable bonds is 7. The van der Waals surface area contributed by atoms with Gasteiger partial charge in [-0.05, 0) is 80.0 Å². The summed E-state index contributed by atoms with van der Waals surface area (Å²) in [5, 5.41) is 9.85. The second-order valence-electron chi connectivity index (χ2n) is 9.06. The second kappa shape index (κ2) is 9.99. The molecule has 0 bridgehead atoms. The van der Waals surface area contributed by atoms with Crippen LogP contribution in [-0.4, -0.2) is 36.8 Å². The lowest BCUT2D eigenvalue weighted by Gasteiger charge is -2.31. The van der Waals surface area contributed by atoms with Crippen LogP contribution in [0.25, 0.3) is 11.1 Å². The fraction of sp³-hybridized carbons (Fsp3) is 0.440. The number of esters is 1. The first-order valence-electron chi connectivity index (χ1n) is 11.4. The predicted octanol–water partition coefficient (Wildman–Crippen LogP) is 6.21. The second-order valence-corrected chi connectivity index (χ2v) is 12.1. The van der Waals surface area contributed by atoms with E-state index in [1.165, 1.54) is 0 Å². The van der Waals surface area contributed by atoms with E-state index in [4.69, 9.17) is 21.7 Å². The first kappa shape index (κ1) is 25.2. The minimum absolute atomic E-state index is 0.0297. The summed E-state index contributed by atoms with van der Waals surface area (Å²) < 4.78 is 33.0. The number of ether oxygens (including phenoxy) is 1. The Labute approximate surface area is 214 Å². The molecule has 1 spiro atoms. The minimum atomic E-state index is -3.45. The maximum Gasteiger partial charge on any atom is 0.320 e. The summed E-state index contributed by atoms with van der Waals surface area (Å²) in [6.45, 7) is 1.90. The van der Waals surface area contributed by atoms with E-state index in [1.807, 2.05) is 19.1 Å². The van der Waals surface area contributed by atoms with Crippen molar-refractivity contribution in [2.45, 2.75) is 57.0 Å². The van der Waals surface area contributed by atoms with Gasteiger partial charge in [0, 0.05) is 21.6 Å². The van der Waals surface area contributed by atoms with Gasteiger partial charge in [-0.3, -0.25) is 9.52 Å². The standard InChI is InChI=1S/C25H28BrClN2O4S/c1-16-13-20(17-7-5-8-18(14-17)29-34(31,32)12-6-11-26)21(27)15-19(16)22-23(28)25(33-24(22)30)9-3-2-4-10-25/h5,7-8,13-15,22,28-29H,2-4,6,9-12H2,1H3. The smallest absolute Gasteiger partial charge is 0.320 e. The summed E-state index contributed by atoms with van der Waals surface area (Å²) in [7, 11) is -3.45. The lowest BCUT2D eigenvalue weighted by Crippen LogP contribution is -2.38. The van der Waals surface area contributed by atoms with Crippen molar-refractivity contribution in [3.63, 3.8) is 0 Å². The molecule has 1 heterocycles.